The summed E-state index contributed by atoms with van der Waals surface area (Å²) >= 11 is 0. The van der Waals surface area contributed by atoms with E-state index in [0.717, 1.165) is 18.4 Å². The third-order valence-corrected chi connectivity index (χ3v) is 4.03. The Hall–Kier alpha value is -1.13. The van der Waals surface area contributed by atoms with Crippen LogP contribution < -0.4 is 5.73 Å². The zero-order valence-corrected chi connectivity index (χ0v) is 11.1. The number of anilines is 1. The zero-order chi connectivity index (χ0) is 13.3. The van der Waals surface area contributed by atoms with Crippen LogP contribution in [0.15, 0.2) is 12.3 Å². The van der Waals surface area contributed by atoms with Crippen LogP contribution in [0.5, 0.6) is 0 Å². The van der Waals surface area contributed by atoms with Gasteiger partial charge in [-0.15, -0.1) is 0 Å². The summed E-state index contributed by atoms with van der Waals surface area (Å²) in [6.45, 7) is 4.07. The third-order valence-electron chi connectivity index (χ3n) is 4.03. The Labute approximate surface area is 108 Å². The minimum Gasteiger partial charge on any atom is -0.387 e. The van der Waals surface area contributed by atoms with E-state index < -0.39 is 11.7 Å². The molecule has 1 aliphatic rings. The molecule has 100 valence electrons. The maximum absolute atomic E-state index is 10.6. The zero-order valence-electron chi connectivity index (χ0n) is 11.1. The number of pyridine rings is 1. The van der Waals surface area contributed by atoms with Crippen molar-refractivity contribution in [2.75, 3.05) is 5.73 Å². The predicted molar refractivity (Wildman–Crippen MR) is 70.9 cm³/mol. The standard InChI is InChI=1S/C14H22N2O2/c1-9-3-5-14(18,6-4-9)12(17)11-7-10(2)8-16-13(11)15/h7-9,12,17-18H,3-6H2,1-2H3,(H2,15,16). The summed E-state index contributed by atoms with van der Waals surface area (Å²) in [4.78, 5) is 4.05. The van der Waals surface area contributed by atoms with Crippen LogP contribution in [0.1, 0.15) is 49.8 Å². The number of aryl methyl sites for hydroxylation is 1. The smallest absolute Gasteiger partial charge is 0.129 e. The van der Waals surface area contributed by atoms with Gasteiger partial charge in [0, 0.05) is 11.8 Å². The Kier molecular flexibility index (Phi) is 3.59. The Morgan fingerprint density at radius 3 is 2.67 bits per heavy atom. The predicted octanol–water partition coefficient (Wildman–Crippen LogP) is 1.95. The van der Waals surface area contributed by atoms with Crippen molar-refractivity contribution in [3.63, 3.8) is 0 Å². The largest absolute Gasteiger partial charge is 0.387 e. The lowest BCUT2D eigenvalue weighted by atomic mass is 9.75. The van der Waals surface area contributed by atoms with Crippen molar-refractivity contribution in [1.29, 1.82) is 0 Å². The van der Waals surface area contributed by atoms with Crippen LogP contribution >= 0.6 is 0 Å². The lowest BCUT2D eigenvalue weighted by Gasteiger charge is -2.38. The van der Waals surface area contributed by atoms with Crippen molar-refractivity contribution in [3.05, 3.63) is 23.4 Å². The number of hydrogen-bond donors (Lipinski definition) is 3. The number of nitrogen functional groups attached to an aromatic ring is 1. The highest BCUT2D eigenvalue weighted by Gasteiger charge is 2.40. The van der Waals surface area contributed by atoms with E-state index in [1.807, 2.05) is 13.0 Å². The van der Waals surface area contributed by atoms with Gasteiger partial charge in [0.2, 0.25) is 0 Å². The van der Waals surface area contributed by atoms with Gasteiger partial charge in [0.25, 0.3) is 0 Å². The van der Waals surface area contributed by atoms with Gasteiger partial charge < -0.3 is 15.9 Å². The molecule has 1 aromatic rings. The number of aromatic nitrogens is 1. The van der Waals surface area contributed by atoms with E-state index in [-0.39, 0.29) is 0 Å². The van der Waals surface area contributed by atoms with Gasteiger partial charge in [-0.1, -0.05) is 6.92 Å². The normalized spacial score (nSPS) is 30.1. The minimum absolute atomic E-state index is 0.306. The van der Waals surface area contributed by atoms with Gasteiger partial charge in [0.1, 0.15) is 11.9 Å². The van der Waals surface area contributed by atoms with E-state index in [2.05, 4.69) is 11.9 Å². The first-order valence-electron chi connectivity index (χ1n) is 6.55. The molecule has 1 fully saturated rings. The van der Waals surface area contributed by atoms with E-state index >= 15 is 0 Å². The number of aliphatic hydroxyl groups excluding tert-OH is 1. The van der Waals surface area contributed by atoms with Crippen molar-refractivity contribution < 1.29 is 10.2 Å². The highest BCUT2D eigenvalue weighted by Crippen LogP contribution is 2.41. The Morgan fingerprint density at radius 2 is 2.06 bits per heavy atom. The van der Waals surface area contributed by atoms with Gasteiger partial charge in [0.05, 0.1) is 5.60 Å². The number of rotatable bonds is 2. The molecule has 0 aliphatic heterocycles. The summed E-state index contributed by atoms with van der Waals surface area (Å²) in [6.07, 6.45) is 3.82. The van der Waals surface area contributed by atoms with Gasteiger partial charge in [0.15, 0.2) is 0 Å². The van der Waals surface area contributed by atoms with E-state index in [1.54, 1.807) is 6.20 Å². The van der Waals surface area contributed by atoms with Crippen LogP contribution in [0.25, 0.3) is 0 Å². The van der Waals surface area contributed by atoms with E-state index in [4.69, 9.17) is 5.73 Å². The molecule has 4 heteroatoms. The summed E-state index contributed by atoms with van der Waals surface area (Å²) in [7, 11) is 0. The van der Waals surface area contributed by atoms with Gasteiger partial charge in [-0.25, -0.2) is 4.98 Å². The van der Waals surface area contributed by atoms with Gasteiger partial charge in [-0.3, -0.25) is 0 Å². The lowest BCUT2D eigenvalue weighted by molar-refractivity contribution is -0.105. The second-order valence-corrected chi connectivity index (χ2v) is 5.68. The monoisotopic (exact) mass is 250 g/mol. The fraction of sp³-hybridized carbons (Fsp3) is 0.643. The molecular formula is C14H22N2O2. The van der Waals surface area contributed by atoms with Crippen molar-refractivity contribution in [1.82, 2.24) is 4.98 Å². The summed E-state index contributed by atoms with van der Waals surface area (Å²) in [5.41, 5.74) is 6.23. The topological polar surface area (TPSA) is 79.4 Å². The summed E-state index contributed by atoms with van der Waals surface area (Å²) in [5.74, 6) is 0.922. The molecule has 0 saturated heterocycles. The fourth-order valence-corrected chi connectivity index (χ4v) is 2.65. The number of nitrogens with two attached hydrogens (primary N) is 1. The van der Waals surface area contributed by atoms with Crippen molar-refractivity contribution >= 4 is 5.82 Å². The van der Waals surface area contributed by atoms with Gasteiger partial charge >= 0.3 is 0 Å². The molecule has 18 heavy (non-hydrogen) atoms. The molecule has 1 atom stereocenters. The van der Waals surface area contributed by atoms with E-state index in [9.17, 15) is 10.2 Å². The van der Waals surface area contributed by atoms with Crippen molar-refractivity contribution in [2.45, 2.75) is 51.2 Å². The molecule has 1 saturated carbocycles. The molecule has 0 radical (unpaired) electrons. The van der Waals surface area contributed by atoms with Crippen LogP contribution in [0.2, 0.25) is 0 Å². The summed E-state index contributed by atoms with van der Waals surface area (Å²) in [5, 5.41) is 21.0. The van der Waals surface area contributed by atoms with Crippen molar-refractivity contribution in [3.8, 4) is 0 Å². The van der Waals surface area contributed by atoms with Crippen LogP contribution in [0.4, 0.5) is 5.82 Å². The number of aliphatic hydroxyl groups is 2. The summed E-state index contributed by atoms with van der Waals surface area (Å²) < 4.78 is 0. The van der Waals surface area contributed by atoms with E-state index in [0.29, 0.717) is 30.1 Å². The number of hydrogen-bond acceptors (Lipinski definition) is 4. The van der Waals surface area contributed by atoms with Crippen molar-refractivity contribution in [2.24, 2.45) is 5.92 Å². The first-order valence-corrected chi connectivity index (χ1v) is 6.55. The van der Waals surface area contributed by atoms with Crippen LogP contribution in [0.3, 0.4) is 0 Å². The highest BCUT2D eigenvalue weighted by molar-refractivity contribution is 5.43. The summed E-state index contributed by atoms with van der Waals surface area (Å²) in [6, 6.07) is 1.81. The lowest BCUT2D eigenvalue weighted by Crippen LogP contribution is -2.40. The SMILES string of the molecule is Cc1cnc(N)c(C(O)C2(O)CCC(C)CC2)c1. The second-order valence-electron chi connectivity index (χ2n) is 5.68. The molecular weight excluding hydrogens is 228 g/mol. The Morgan fingerprint density at radius 1 is 1.44 bits per heavy atom. The first-order chi connectivity index (χ1) is 8.42. The molecule has 1 aromatic heterocycles. The molecule has 2 rings (SSSR count). The molecule has 1 unspecified atom stereocenters. The van der Waals surface area contributed by atoms with Gasteiger partial charge in [-0.2, -0.15) is 0 Å². The quantitative estimate of drug-likeness (QED) is 0.749. The maximum atomic E-state index is 10.6. The number of nitrogens with zero attached hydrogens (tertiary/aromatic N) is 1. The average Bonchev–Trinajstić information content (AvgIpc) is 2.35. The first kappa shape index (κ1) is 13.3. The molecule has 0 spiro atoms. The average molecular weight is 250 g/mol. The third kappa shape index (κ3) is 2.49. The van der Waals surface area contributed by atoms with Gasteiger partial charge in [-0.05, 0) is 50.2 Å². The second kappa shape index (κ2) is 4.86. The Balaban J connectivity index is 2.24. The minimum atomic E-state index is -1.06. The maximum Gasteiger partial charge on any atom is 0.129 e. The van der Waals surface area contributed by atoms with Crippen LogP contribution in [-0.2, 0) is 0 Å². The fourth-order valence-electron chi connectivity index (χ4n) is 2.65. The van der Waals surface area contributed by atoms with Crippen LogP contribution in [0, 0.1) is 12.8 Å². The molecule has 4 N–H and O–H groups in total. The van der Waals surface area contributed by atoms with Crippen LogP contribution in [-0.4, -0.2) is 20.8 Å². The Bertz CT molecular complexity index is 426. The van der Waals surface area contributed by atoms with E-state index in [1.165, 1.54) is 0 Å². The molecule has 4 nitrogen and oxygen atoms in total. The molecule has 0 bridgehead atoms. The molecule has 1 heterocycles. The molecule has 1 aliphatic carbocycles. The molecule has 0 aromatic carbocycles. The molecule has 0 amide bonds. The highest BCUT2D eigenvalue weighted by atomic mass is 16.3.